The molecule has 2 heterocycles. The van der Waals surface area contributed by atoms with Crippen LogP contribution < -0.4 is 0 Å². The Kier molecular flexibility index (Phi) is 4.16. The molecule has 0 aromatic carbocycles. The molecule has 1 nitrogen and oxygen atoms in total. The quantitative estimate of drug-likeness (QED) is 0.619. The van der Waals surface area contributed by atoms with E-state index in [1.807, 2.05) is 11.8 Å². The summed E-state index contributed by atoms with van der Waals surface area (Å²) in [6, 6.07) is 0. The Morgan fingerprint density at radius 3 is 2.94 bits per heavy atom. The van der Waals surface area contributed by atoms with Crippen LogP contribution in [0, 0.1) is 11.3 Å². The minimum atomic E-state index is 0.281. The first kappa shape index (κ1) is 13.8. The summed E-state index contributed by atoms with van der Waals surface area (Å²) in [5, 5.41) is 0.281. The fraction of sp³-hybridized carbons (Fsp3) is 0.769. The van der Waals surface area contributed by atoms with E-state index in [2.05, 4.69) is 31.7 Å². The van der Waals surface area contributed by atoms with Gasteiger partial charge in [-0.1, -0.05) is 33.0 Å². The Hall–Kier alpha value is 0.330. The highest BCUT2D eigenvalue weighted by Crippen LogP contribution is 2.44. The maximum atomic E-state index is 5.53. The van der Waals surface area contributed by atoms with Crippen molar-refractivity contribution >= 4 is 41.6 Å². The van der Waals surface area contributed by atoms with Crippen molar-refractivity contribution in [1.82, 2.24) is 4.90 Å². The van der Waals surface area contributed by atoms with Gasteiger partial charge in [0.15, 0.2) is 0 Å². The Labute approximate surface area is 120 Å². The van der Waals surface area contributed by atoms with E-state index >= 15 is 0 Å². The summed E-state index contributed by atoms with van der Waals surface area (Å²) in [6.45, 7) is 7.87. The van der Waals surface area contributed by atoms with Gasteiger partial charge >= 0.3 is 0 Å². The summed E-state index contributed by atoms with van der Waals surface area (Å²) >= 11 is 12.3. The van der Waals surface area contributed by atoms with Gasteiger partial charge in [-0.3, -0.25) is 0 Å². The normalized spacial score (nSPS) is 29.3. The Morgan fingerprint density at radius 2 is 2.29 bits per heavy atom. The molecule has 1 fully saturated rings. The summed E-state index contributed by atoms with van der Waals surface area (Å²) in [5.41, 5.74) is 0.308. The van der Waals surface area contributed by atoms with Crippen molar-refractivity contribution in [3.8, 4) is 0 Å². The van der Waals surface area contributed by atoms with E-state index in [-0.39, 0.29) is 5.37 Å². The molecular formula is C13H21NS3. The minimum Gasteiger partial charge on any atom is -0.350 e. The number of thiocarbonyl (C=S) groups is 1. The number of nitrogens with zero attached hydrogens (tertiary/aromatic N) is 1. The van der Waals surface area contributed by atoms with Crippen LogP contribution in [0.1, 0.15) is 33.6 Å². The number of hydrogen-bond donors (Lipinski definition) is 1. The van der Waals surface area contributed by atoms with Crippen LogP contribution in [0.25, 0.3) is 0 Å². The topological polar surface area (TPSA) is 3.24 Å². The van der Waals surface area contributed by atoms with Crippen LogP contribution in [0.4, 0.5) is 0 Å². The zero-order valence-electron chi connectivity index (χ0n) is 10.8. The van der Waals surface area contributed by atoms with Gasteiger partial charge in [-0.2, -0.15) is 12.6 Å². The van der Waals surface area contributed by atoms with Gasteiger partial charge in [0.1, 0.15) is 4.99 Å². The van der Waals surface area contributed by atoms with Crippen molar-refractivity contribution in [3.05, 3.63) is 11.0 Å². The summed E-state index contributed by atoms with van der Waals surface area (Å²) < 4.78 is 0. The van der Waals surface area contributed by atoms with E-state index in [9.17, 15) is 0 Å². The minimum absolute atomic E-state index is 0.281. The van der Waals surface area contributed by atoms with E-state index in [4.69, 9.17) is 24.8 Å². The van der Waals surface area contributed by atoms with Crippen LogP contribution in [-0.4, -0.2) is 27.6 Å². The van der Waals surface area contributed by atoms with E-state index in [1.54, 1.807) is 0 Å². The van der Waals surface area contributed by atoms with Gasteiger partial charge < -0.3 is 4.90 Å². The Morgan fingerprint density at radius 1 is 1.59 bits per heavy atom. The molecule has 1 saturated heterocycles. The average Bonchev–Trinajstić information content (AvgIpc) is 2.72. The first-order valence-electron chi connectivity index (χ1n) is 6.27. The molecule has 2 aliphatic heterocycles. The lowest BCUT2D eigenvalue weighted by Crippen LogP contribution is -2.47. The van der Waals surface area contributed by atoms with Crippen LogP contribution >= 0.6 is 36.6 Å². The summed E-state index contributed by atoms with van der Waals surface area (Å²) in [6.07, 6.45) is 4.62. The summed E-state index contributed by atoms with van der Waals surface area (Å²) in [5.74, 6) is 1.82. The molecule has 0 saturated carbocycles. The van der Waals surface area contributed by atoms with Crippen LogP contribution in [0.2, 0.25) is 0 Å². The molecule has 0 aromatic heterocycles. The second-order valence-corrected chi connectivity index (χ2v) is 7.80. The van der Waals surface area contributed by atoms with Gasteiger partial charge in [-0.15, -0.1) is 11.8 Å². The van der Waals surface area contributed by atoms with E-state index < -0.39 is 0 Å². The summed E-state index contributed by atoms with van der Waals surface area (Å²) in [4.78, 5) is 4.76. The zero-order chi connectivity index (χ0) is 12.6. The lowest BCUT2D eigenvalue weighted by atomic mass is 9.88. The number of thiol groups is 1. The maximum absolute atomic E-state index is 5.53. The molecule has 2 rings (SSSR count). The third kappa shape index (κ3) is 2.85. The molecule has 0 aliphatic carbocycles. The average molecular weight is 288 g/mol. The molecule has 0 aromatic rings. The van der Waals surface area contributed by atoms with Gasteiger partial charge in [0.2, 0.25) is 0 Å². The number of thioether (sulfide) groups is 1. The predicted molar refractivity (Wildman–Crippen MR) is 84.8 cm³/mol. The fourth-order valence-corrected chi connectivity index (χ4v) is 4.63. The molecule has 2 atom stereocenters. The van der Waals surface area contributed by atoms with Crippen molar-refractivity contribution in [2.45, 2.75) is 39.0 Å². The van der Waals surface area contributed by atoms with Gasteiger partial charge in [-0.25, -0.2) is 0 Å². The molecule has 2 aliphatic rings. The van der Waals surface area contributed by atoms with Crippen molar-refractivity contribution in [1.29, 1.82) is 0 Å². The maximum Gasteiger partial charge on any atom is 0.103 e. The highest BCUT2D eigenvalue weighted by Gasteiger charge is 2.37. The van der Waals surface area contributed by atoms with Crippen molar-refractivity contribution in [2.24, 2.45) is 11.3 Å². The smallest absolute Gasteiger partial charge is 0.103 e. The van der Waals surface area contributed by atoms with Gasteiger partial charge in [0, 0.05) is 12.5 Å². The third-order valence-corrected chi connectivity index (χ3v) is 6.03. The molecule has 96 valence electrons. The van der Waals surface area contributed by atoms with Crippen LogP contribution in [0.5, 0.6) is 0 Å². The second kappa shape index (κ2) is 5.14. The first-order valence-corrected chi connectivity index (χ1v) is 8.19. The standard InChI is InChI=1S/C13H21NS3/c1-4-13(2,3)8-14-11(15)7-10-9(12(14)16)5-6-17-10/h7,9,12,16H,4-6,8H2,1-3H3. The zero-order valence-corrected chi connectivity index (χ0v) is 13.3. The molecule has 17 heavy (non-hydrogen) atoms. The lowest BCUT2D eigenvalue weighted by molar-refractivity contribution is 0.217. The molecule has 0 spiro atoms. The Balaban J connectivity index is 2.16. The van der Waals surface area contributed by atoms with Crippen LogP contribution in [-0.2, 0) is 0 Å². The molecule has 0 bridgehead atoms. The predicted octanol–water partition coefficient (Wildman–Crippen LogP) is 3.96. The highest BCUT2D eigenvalue weighted by molar-refractivity contribution is 8.03. The monoisotopic (exact) mass is 287 g/mol. The van der Waals surface area contributed by atoms with Crippen LogP contribution in [0.15, 0.2) is 11.0 Å². The number of hydrogen-bond acceptors (Lipinski definition) is 3. The highest BCUT2D eigenvalue weighted by atomic mass is 32.2. The lowest BCUT2D eigenvalue weighted by Gasteiger charge is -2.41. The Bertz CT molecular complexity index is 349. The molecular weight excluding hydrogens is 266 g/mol. The summed E-state index contributed by atoms with van der Waals surface area (Å²) in [7, 11) is 0. The van der Waals surface area contributed by atoms with Crippen molar-refractivity contribution in [3.63, 3.8) is 0 Å². The van der Waals surface area contributed by atoms with Crippen molar-refractivity contribution < 1.29 is 0 Å². The van der Waals surface area contributed by atoms with Gasteiger partial charge in [0.05, 0.1) is 5.37 Å². The van der Waals surface area contributed by atoms with E-state index in [1.165, 1.54) is 23.5 Å². The van der Waals surface area contributed by atoms with Gasteiger partial charge in [-0.05, 0) is 35.0 Å². The van der Waals surface area contributed by atoms with Crippen LogP contribution in [0.3, 0.4) is 0 Å². The van der Waals surface area contributed by atoms with Gasteiger partial charge in [0.25, 0.3) is 0 Å². The molecule has 0 radical (unpaired) electrons. The number of rotatable bonds is 3. The molecule has 4 heteroatoms. The van der Waals surface area contributed by atoms with E-state index in [0.29, 0.717) is 11.3 Å². The molecule has 0 amide bonds. The third-order valence-electron chi connectivity index (χ3n) is 3.85. The SMILES string of the molecule is CCC(C)(C)CN1C(=S)C=C2SCCC2C1S. The molecule has 2 unspecified atom stereocenters. The largest absolute Gasteiger partial charge is 0.350 e. The molecule has 0 N–H and O–H groups in total. The second-order valence-electron chi connectivity index (χ2n) is 5.69. The number of fused-ring (bicyclic) bond motifs is 1. The van der Waals surface area contributed by atoms with E-state index in [0.717, 1.165) is 11.5 Å². The first-order chi connectivity index (χ1) is 7.94. The van der Waals surface area contributed by atoms with Crippen molar-refractivity contribution in [2.75, 3.05) is 12.3 Å². The fourth-order valence-electron chi connectivity index (χ4n) is 2.29.